The van der Waals surface area contributed by atoms with Crippen LogP contribution in [-0.2, 0) is 32.7 Å². The van der Waals surface area contributed by atoms with Gasteiger partial charge in [0.25, 0.3) is 0 Å². The van der Waals surface area contributed by atoms with Gasteiger partial charge in [-0.25, -0.2) is 4.57 Å². The summed E-state index contributed by atoms with van der Waals surface area (Å²) in [7, 11) is -5.12. The summed E-state index contributed by atoms with van der Waals surface area (Å²) in [5.41, 5.74) is 0. The second kappa shape index (κ2) is 35.9. The molecular weight excluding hydrogens is 779 g/mol. The van der Waals surface area contributed by atoms with Crippen molar-refractivity contribution >= 4 is 19.8 Å². The molecule has 1 saturated carbocycles. The van der Waals surface area contributed by atoms with Crippen LogP contribution in [0, 0.1) is 0 Å². The Morgan fingerprint density at radius 3 is 1.32 bits per heavy atom. The first-order chi connectivity index (χ1) is 28.4. The minimum absolute atomic E-state index is 0.0902. The smallest absolute Gasteiger partial charge is 0.462 e. The predicted molar refractivity (Wildman–Crippen MR) is 230 cm³/mol. The molecule has 0 aromatic carbocycles. The zero-order valence-electron chi connectivity index (χ0n) is 36.6. The van der Waals surface area contributed by atoms with E-state index < -0.39 is 75.7 Å². The Bertz CT molecular complexity index is 1130. The summed E-state index contributed by atoms with van der Waals surface area (Å²) in [4.78, 5) is 35.7. The Labute approximate surface area is 356 Å². The largest absolute Gasteiger partial charge is 0.472 e. The zero-order chi connectivity index (χ0) is 43.6. The van der Waals surface area contributed by atoms with E-state index in [-0.39, 0.29) is 12.8 Å². The van der Waals surface area contributed by atoms with Crippen LogP contribution in [0.15, 0.2) is 24.3 Å². The molecule has 0 heterocycles. The van der Waals surface area contributed by atoms with Gasteiger partial charge in [0.15, 0.2) is 6.10 Å². The van der Waals surface area contributed by atoms with Crippen molar-refractivity contribution in [1.29, 1.82) is 0 Å². The molecule has 0 bridgehead atoms. The predicted octanol–water partition coefficient (Wildman–Crippen LogP) is 8.84. The van der Waals surface area contributed by atoms with Crippen LogP contribution in [0.4, 0.5) is 0 Å². The van der Waals surface area contributed by atoms with Crippen LogP contribution in [0.5, 0.6) is 0 Å². The summed E-state index contributed by atoms with van der Waals surface area (Å²) < 4.78 is 33.5. The molecule has 8 atom stereocenters. The fourth-order valence-corrected chi connectivity index (χ4v) is 7.95. The van der Waals surface area contributed by atoms with Gasteiger partial charge in [-0.2, -0.15) is 0 Å². The van der Waals surface area contributed by atoms with Crippen molar-refractivity contribution in [2.45, 2.75) is 236 Å². The summed E-state index contributed by atoms with van der Waals surface area (Å²) in [5.74, 6) is -1.12. The van der Waals surface area contributed by atoms with Gasteiger partial charge < -0.3 is 39.9 Å². The van der Waals surface area contributed by atoms with Gasteiger partial charge in [0.1, 0.15) is 43.2 Å². The summed E-state index contributed by atoms with van der Waals surface area (Å²) in [6, 6.07) is 0. The topological polar surface area (TPSA) is 210 Å². The maximum atomic E-state index is 12.8. The van der Waals surface area contributed by atoms with E-state index in [4.69, 9.17) is 18.5 Å². The molecule has 59 heavy (non-hydrogen) atoms. The van der Waals surface area contributed by atoms with Gasteiger partial charge in [0, 0.05) is 12.8 Å². The first-order valence-electron chi connectivity index (χ1n) is 23.1. The third kappa shape index (κ3) is 28.5. The molecule has 6 unspecified atom stereocenters. The summed E-state index contributed by atoms with van der Waals surface area (Å²) in [5, 5.41) is 50.1. The monoisotopic (exact) mass is 863 g/mol. The second-order valence-electron chi connectivity index (χ2n) is 16.3. The summed E-state index contributed by atoms with van der Waals surface area (Å²) in [6.07, 6.45) is 25.2. The van der Waals surface area contributed by atoms with Gasteiger partial charge in [-0.05, 0) is 64.2 Å². The van der Waals surface area contributed by atoms with Gasteiger partial charge in [0.05, 0.1) is 6.61 Å². The first-order valence-corrected chi connectivity index (χ1v) is 24.6. The quantitative estimate of drug-likeness (QED) is 0.0149. The highest BCUT2D eigenvalue weighted by molar-refractivity contribution is 7.47. The standard InChI is InChI=1S/C45H83O13P/c1-3-5-7-9-11-13-15-17-19-21-23-25-27-29-31-33-38(46)55-35-37(36-56-59(53,54)58-45-43(51)41(49)40(48)42(50)44(45)52)57-39(47)34-32-30-28-26-24-22-20-18-16-14-12-10-8-6-4-2/h14,16,21,23,37,40-45,48-52H,3-13,15,17-20,22,24-36H2,1-2H3,(H,53,54)/b16-14+,23-21+/t37-,40?,41-,42?,43?,44?,45?/m1/s1. The van der Waals surface area contributed by atoms with Crippen LogP contribution in [0.1, 0.15) is 194 Å². The van der Waals surface area contributed by atoms with Crippen molar-refractivity contribution in [3.63, 3.8) is 0 Å². The number of carbonyl (C=O) groups is 2. The number of unbranched alkanes of at least 4 members (excludes halogenated alkanes) is 22. The van der Waals surface area contributed by atoms with Crippen molar-refractivity contribution in [2.75, 3.05) is 13.2 Å². The minimum Gasteiger partial charge on any atom is -0.462 e. The number of hydrogen-bond acceptors (Lipinski definition) is 12. The van der Waals surface area contributed by atoms with Crippen molar-refractivity contribution < 1.29 is 63.1 Å². The highest BCUT2D eigenvalue weighted by Gasteiger charge is 2.51. The van der Waals surface area contributed by atoms with E-state index in [1.807, 2.05) is 0 Å². The molecule has 346 valence electrons. The van der Waals surface area contributed by atoms with E-state index in [1.165, 1.54) is 89.9 Å². The lowest BCUT2D eigenvalue weighted by atomic mass is 9.85. The van der Waals surface area contributed by atoms with E-state index in [2.05, 4.69) is 38.2 Å². The van der Waals surface area contributed by atoms with E-state index in [0.717, 1.165) is 64.2 Å². The molecule has 6 N–H and O–H groups in total. The highest BCUT2D eigenvalue weighted by Crippen LogP contribution is 2.47. The average molecular weight is 863 g/mol. The molecule has 13 nitrogen and oxygen atoms in total. The molecular formula is C45H83O13P. The number of phosphoric acid groups is 1. The molecule has 0 radical (unpaired) electrons. The number of aliphatic hydroxyl groups excluding tert-OH is 5. The Balaban J connectivity index is 2.47. The van der Waals surface area contributed by atoms with Crippen molar-refractivity contribution in [1.82, 2.24) is 0 Å². The highest BCUT2D eigenvalue weighted by atomic mass is 31.2. The number of aliphatic hydroxyl groups is 5. The van der Waals surface area contributed by atoms with E-state index in [0.29, 0.717) is 12.8 Å². The third-order valence-electron chi connectivity index (χ3n) is 10.8. The minimum atomic E-state index is -5.12. The Hall–Kier alpha value is -1.67. The summed E-state index contributed by atoms with van der Waals surface area (Å²) in [6.45, 7) is 3.27. The molecule has 0 saturated heterocycles. The number of hydrogen-bond donors (Lipinski definition) is 6. The fraction of sp³-hybridized carbons (Fsp3) is 0.867. The first kappa shape index (κ1) is 55.3. The van der Waals surface area contributed by atoms with Crippen LogP contribution in [0.2, 0.25) is 0 Å². The maximum Gasteiger partial charge on any atom is 0.472 e. The Morgan fingerprint density at radius 1 is 0.508 bits per heavy atom. The Kier molecular flexibility index (Phi) is 33.7. The number of phosphoric ester groups is 1. The molecule has 1 aliphatic rings. The molecule has 0 amide bonds. The number of allylic oxidation sites excluding steroid dienone is 4. The van der Waals surface area contributed by atoms with Crippen LogP contribution < -0.4 is 0 Å². The molecule has 1 fully saturated rings. The second-order valence-corrected chi connectivity index (χ2v) is 17.7. The molecule has 0 aromatic rings. The van der Waals surface area contributed by atoms with Gasteiger partial charge in [-0.15, -0.1) is 0 Å². The van der Waals surface area contributed by atoms with Crippen molar-refractivity contribution in [3.05, 3.63) is 24.3 Å². The normalized spacial score (nSPS) is 22.5. The Morgan fingerprint density at radius 2 is 0.864 bits per heavy atom. The van der Waals surface area contributed by atoms with Gasteiger partial charge >= 0.3 is 19.8 Å². The molecule has 14 heteroatoms. The van der Waals surface area contributed by atoms with E-state index in [1.54, 1.807) is 0 Å². The van der Waals surface area contributed by atoms with Gasteiger partial charge in [-0.3, -0.25) is 18.6 Å². The van der Waals surface area contributed by atoms with Gasteiger partial charge in [0.2, 0.25) is 0 Å². The van der Waals surface area contributed by atoms with Crippen LogP contribution in [-0.4, -0.2) is 98.3 Å². The SMILES string of the molecule is CCCCCC/C=C/CCCCCCCCCC(=O)O[C@H](COC(=O)CCCCC/C=C/CCCCCCCCCC)COP(=O)(O)OC1C(O)C(O)C(O)[C@@H](O)C1O. The summed E-state index contributed by atoms with van der Waals surface area (Å²) >= 11 is 0. The molecule has 0 spiro atoms. The van der Waals surface area contributed by atoms with Crippen molar-refractivity contribution in [2.24, 2.45) is 0 Å². The van der Waals surface area contributed by atoms with Crippen molar-refractivity contribution in [3.8, 4) is 0 Å². The number of rotatable bonds is 38. The lowest BCUT2D eigenvalue weighted by Gasteiger charge is -2.41. The molecule has 1 aliphatic carbocycles. The molecule has 0 aromatic heterocycles. The number of esters is 2. The molecule has 0 aliphatic heterocycles. The van der Waals surface area contributed by atoms with Gasteiger partial charge in [-0.1, -0.05) is 141 Å². The fourth-order valence-electron chi connectivity index (χ4n) is 6.98. The average Bonchev–Trinajstić information content (AvgIpc) is 3.21. The zero-order valence-corrected chi connectivity index (χ0v) is 37.4. The van der Waals surface area contributed by atoms with Crippen LogP contribution in [0.3, 0.4) is 0 Å². The third-order valence-corrected chi connectivity index (χ3v) is 11.8. The van der Waals surface area contributed by atoms with E-state index in [9.17, 15) is 44.6 Å². The van der Waals surface area contributed by atoms with E-state index >= 15 is 0 Å². The molecule has 1 rings (SSSR count). The lowest BCUT2D eigenvalue weighted by Crippen LogP contribution is -2.64. The number of carbonyl (C=O) groups excluding carboxylic acids is 2. The van der Waals surface area contributed by atoms with Crippen LogP contribution in [0.25, 0.3) is 0 Å². The number of ether oxygens (including phenoxy) is 2. The lowest BCUT2D eigenvalue weighted by molar-refractivity contribution is -0.220. The van der Waals surface area contributed by atoms with Crippen LogP contribution >= 0.6 is 7.82 Å². The maximum absolute atomic E-state index is 12.8.